The summed E-state index contributed by atoms with van der Waals surface area (Å²) in [5, 5.41) is 0. The lowest BCUT2D eigenvalue weighted by molar-refractivity contribution is -0.183. The quantitative estimate of drug-likeness (QED) is 0.475. The highest BCUT2D eigenvalue weighted by molar-refractivity contribution is 5.82. The predicted molar refractivity (Wildman–Crippen MR) is 107 cm³/mol. The Morgan fingerprint density at radius 2 is 1.50 bits per heavy atom. The van der Waals surface area contributed by atoms with E-state index in [1.807, 2.05) is 0 Å². The van der Waals surface area contributed by atoms with E-state index < -0.39 is 0 Å². The first-order valence-corrected chi connectivity index (χ1v) is 11.8. The molecule has 0 amide bonds. The van der Waals surface area contributed by atoms with E-state index >= 15 is 0 Å². The van der Waals surface area contributed by atoms with E-state index in [4.69, 9.17) is 0 Å². The summed E-state index contributed by atoms with van der Waals surface area (Å²) in [5.41, 5.74) is 1.66. The topological polar surface area (TPSA) is 17.1 Å². The van der Waals surface area contributed by atoms with Crippen molar-refractivity contribution in [3.05, 3.63) is 0 Å². The van der Waals surface area contributed by atoms with Gasteiger partial charge in [-0.3, -0.25) is 4.79 Å². The van der Waals surface area contributed by atoms with Gasteiger partial charge in [0.1, 0.15) is 5.78 Å². The van der Waals surface area contributed by atoms with Crippen molar-refractivity contribution >= 4 is 5.78 Å². The average molecular weight is 357 g/mol. The third-order valence-electron chi connectivity index (χ3n) is 11.3. The SMILES string of the molecule is CC1C(=O)CCC2(C)C1CCC1(C)C3CCC4(C)CCCC4C3CCC21. The number of hydrogen-bond acceptors (Lipinski definition) is 1. The zero-order valence-electron chi connectivity index (χ0n) is 17.7. The first-order valence-electron chi connectivity index (χ1n) is 11.8. The van der Waals surface area contributed by atoms with E-state index in [1.165, 1.54) is 64.2 Å². The minimum atomic E-state index is 0.320. The van der Waals surface area contributed by atoms with E-state index in [2.05, 4.69) is 27.7 Å². The monoisotopic (exact) mass is 356 g/mol. The van der Waals surface area contributed by atoms with Gasteiger partial charge in [-0.1, -0.05) is 34.1 Å². The van der Waals surface area contributed by atoms with Gasteiger partial charge in [-0.2, -0.15) is 0 Å². The second kappa shape index (κ2) is 5.60. The first-order chi connectivity index (χ1) is 12.3. The van der Waals surface area contributed by atoms with Gasteiger partial charge in [-0.25, -0.2) is 0 Å². The molecule has 9 atom stereocenters. The summed E-state index contributed by atoms with van der Waals surface area (Å²) in [6, 6.07) is 0. The lowest BCUT2D eigenvalue weighted by Crippen LogP contribution is -2.60. The largest absolute Gasteiger partial charge is 0.299 e. The number of ketones is 1. The maximum absolute atomic E-state index is 12.4. The third kappa shape index (κ3) is 2.12. The molecule has 0 aromatic heterocycles. The second-order valence-corrected chi connectivity index (χ2v) is 12.0. The molecule has 0 bridgehead atoms. The van der Waals surface area contributed by atoms with Gasteiger partial charge in [0.2, 0.25) is 0 Å². The van der Waals surface area contributed by atoms with Crippen LogP contribution in [0, 0.1) is 51.8 Å². The molecule has 5 aliphatic carbocycles. The van der Waals surface area contributed by atoms with Gasteiger partial charge in [-0.05, 0) is 104 Å². The van der Waals surface area contributed by atoms with Crippen molar-refractivity contribution in [2.75, 3.05) is 0 Å². The number of carbonyl (C=O) groups is 1. The molecule has 26 heavy (non-hydrogen) atoms. The molecule has 0 saturated heterocycles. The minimum absolute atomic E-state index is 0.320. The molecule has 9 unspecified atom stereocenters. The van der Waals surface area contributed by atoms with Gasteiger partial charge in [0, 0.05) is 12.3 Å². The highest BCUT2D eigenvalue weighted by Crippen LogP contribution is 2.71. The molecule has 0 N–H and O–H groups in total. The van der Waals surface area contributed by atoms with Gasteiger partial charge in [-0.15, -0.1) is 0 Å². The van der Waals surface area contributed by atoms with Gasteiger partial charge >= 0.3 is 0 Å². The third-order valence-corrected chi connectivity index (χ3v) is 11.3. The number of Topliss-reactive ketones (excluding diaryl/α,β-unsaturated/α-hetero) is 1. The lowest BCUT2D eigenvalue weighted by Gasteiger charge is -2.67. The van der Waals surface area contributed by atoms with Crippen LogP contribution in [0.15, 0.2) is 0 Å². The number of hydrogen-bond donors (Lipinski definition) is 0. The molecule has 0 aromatic rings. The summed E-state index contributed by atoms with van der Waals surface area (Å²) in [6.07, 6.45) is 15.2. The summed E-state index contributed by atoms with van der Waals surface area (Å²) in [6.45, 7) is 10.2. The highest BCUT2D eigenvalue weighted by Gasteiger charge is 2.63. The van der Waals surface area contributed by atoms with Crippen molar-refractivity contribution in [2.24, 2.45) is 51.8 Å². The molecule has 0 aliphatic heterocycles. The van der Waals surface area contributed by atoms with Crippen LogP contribution in [0.1, 0.15) is 98.3 Å². The Morgan fingerprint density at radius 1 is 0.769 bits per heavy atom. The standard InChI is InChI=1S/C25H40O/c1-16-18-10-14-25(4)20-9-13-23(2)12-5-6-19(23)17(20)7-8-22(25)24(18,3)15-11-21(16)26/h16-20,22H,5-15H2,1-4H3. The van der Waals surface area contributed by atoms with E-state index in [9.17, 15) is 4.79 Å². The van der Waals surface area contributed by atoms with E-state index in [0.29, 0.717) is 33.9 Å². The van der Waals surface area contributed by atoms with Crippen LogP contribution in [0.4, 0.5) is 0 Å². The maximum Gasteiger partial charge on any atom is 0.136 e. The Balaban J connectivity index is 1.48. The lowest BCUT2D eigenvalue weighted by atomic mass is 9.38. The number of carbonyl (C=O) groups excluding carboxylic acids is 1. The molecule has 0 spiro atoms. The Morgan fingerprint density at radius 3 is 2.31 bits per heavy atom. The fourth-order valence-electron chi connectivity index (χ4n) is 9.97. The smallest absolute Gasteiger partial charge is 0.136 e. The molecule has 0 aromatic carbocycles. The molecule has 5 saturated carbocycles. The Labute approximate surface area is 161 Å². The van der Waals surface area contributed by atoms with Crippen LogP contribution in [0.2, 0.25) is 0 Å². The zero-order chi connectivity index (χ0) is 18.3. The molecular formula is C25H40O. The Kier molecular flexibility index (Phi) is 3.82. The first kappa shape index (κ1) is 17.7. The molecule has 0 heterocycles. The minimum Gasteiger partial charge on any atom is -0.299 e. The molecule has 0 radical (unpaired) electrons. The van der Waals surface area contributed by atoms with Crippen LogP contribution in [-0.2, 0) is 4.79 Å². The number of rotatable bonds is 0. The predicted octanol–water partition coefficient (Wildman–Crippen LogP) is 6.65. The summed E-state index contributed by atoms with van der Waals surface area (Å²) in [7, 11) is 0. The van der Waals surface area contributed by atoms with Crippen molar-refractivity contribution < 1.29 is 4.79 Å². The second-order valence-electron chi connectivity index (χ2n) is 12.0. The fourth-order valence-corrected chi connectivity index (χ4v) is 9.97. The fraction of sp³-hybridized carbons (Fsp3) is 0.960. The molecule has 5 rings (SSSR count). The van der Waals surface area contributed by atoms with Crippen molar-refractivity contribution in [2.45, 2.75) is 98.3 Å². The van der Waals surface area contributed by atoms with Gasteiger partial charge < -0.3 is 0 Å². The molecule has 5 fully saturated rings. The van der Waals surface area contributed by atoms with Gasteiger partial charge in [0.15, 0.2) is 0 Å². The highest BCUT2D eigenvalue weighted by atomic mass is 16.1. The normalized spacial score (nSPS) is 59.2. The summed E-state index contributed by atoms with van der Waals surface area (Å²) in [5.74, 6) is 5.43. The molecular weight excluding hydrogens is 316 g/mol. The van der Waals surface area contributed by atoms with Crippen molar-refractivity contribution in [1.82, 2.24) is 0 Å². The summed E-state index contributed by atoms with van der Waals surface area (Å²) >= 11 is 0. The average Bonchev–Trinajstić information content (AvgIpc) is 3.00. The van der Waals surface area contributed by atoms with Crippen LogP contribution in [0.25, 0.3) is 0 Å². The zero-order valence-corrected chi connectivity index (χ0v) is 17.7. The molecule has 5 aliphatic rings. The van der Waals surface area contributed by atoms with Crippen LogP contribution in [0.3, 0.4) is 0 Å². The molecule has 1 heteroatoms. The molecule has 1 nitrogen and oxygen atoms in total. The van der Waals surface area contributed by atoms with Crippen LogP contribution in [0.5, 0.6) is 0 Å². The molecule has 146 valence electrons. The Bertz CT molecular complexity index is 609. The van der Waals surface area contributed by atoms with Crippen molar-refractivity contribution in [1.29, 1.82) is 0 Å². The number of fused-ring (bicyclic) bond motifs is 7. The summed E-state index contributed by atoms with van der Waals surface area (Å²) in [4.78, 5) is 12.4. The summed E-state index contributed by atoms with van der Waals surface area (Å²) < 4.78 is 0. The Hall–Kier alpha value is -0.330. The van der Waals surface area contributed by atoms with E-state index in [-0.39, 0.29) is 0 Å². The van der Waals surface area contributed by atoms with Crippen LogP contribution < -0.4 is 0 Å². The van der Waals surface area contributed by atoms with Crippen molar-refractivity contribution in [3.63, 3.8) is 0 Å². The van der Waals surface area contributed by atoms with E-state index in [0.717, 1.165) is 30.1 Å². The van der Waals surface area contributed by atoms with Crippen LogP contribution in [-0.4, -0.2) is 5.78 Å². The van der Waals surface area contributed by atoms with Gasteiger partial charge in [0.25, 0.3) is 0 Å². The van der Waals surface area contributed by atoms with Crippen LogP contribution >= 0.6 is 0 Å². The maximum atomic E-state index is 12.4. The van der Waals surface area contributed by atoms with Crippen molar-refractivity contribution in [3.8, 4) is 0 Å². The van der Waals surface area contributed by atoms with Gasteiger partial charge in [0.05, 0.1) is 0 Å². The van der Waals surface area contributed by atoms with E-state index in [1.54, 1.807) is 0 Å².